The Morgan fingerprint density at radius 2 is 0.971 bits per heavy atom. The van der Waals surface area contributed by atoms with Crippen LogP contribution in [0, 0.1) is 13.8 Å². The Balaban J connectivity index is 1.20. The molecular formula is C30H38N4+4. The molecule has 0 aromatic carbocycles. The minimum absolute atomic E-state index is 1.08. The van der Waals surface area contributed by atoms with Crippen LogP contribution in [0.2, 0.25) is 0 Å². The Morgan fingerprint density at radius 1 is 0.500 bits per heavy atom. The fraction of sp³-hybridized carbons (Fsp3) is 0.333. The largest absolute Gasteiger partial charge is 0.208 e. The molecule has 0 aliphatic heterocycles. The van der Waals surface area contributed by atoms with E-state index in [0.717, 1.165) is 13.1 Å². The van der Waals surface area contributed by atoms with Crippen molar-refractivity contribution in [1.82, 2.24) is 0 Å². The van der Waals surface area contributed by atoms with E-state index >= 15 is 0 Å². The molecule has 174 valence electrons. The van der Waals surface area contributed by atoms with Crippen molar-refractivity contribution in [2.45, 2.75) is 52.6 Å². The second-order valence-electron chi connectivity index (χ2n) is 9.48. The van der Waals surface area contributed by atoms with Crippen LogP contribution >= 0.6 is 0 Å². The Morgan fingerprint density at radius 3 is 1.56 bits per heavy atom. The highest BCUT2D eigenvalue weighted by Crippen LogP contribution is 2.24. The molecule has 0 aliphatic rings. The Hall–Kier alpha value is -3.40. The Bertz CT molecular complexity index is 1230. The molecule has 0 spiro atoms. The van der Waals surface area contributed by atoms with E-state index in [4.69, 9.17) is 0 Å². The number of hydrogen-bond acceptors (Lipinski definition) is 0. The van der Waals surface area contributed by atoms with E-state index in [1.807, 2.05) is 7.05 Å². The molecule has 0 saturated carbocycles. The summed E-state index contributed by atoms with van der Waals surface area (Å²) < 4.78 is 8.81. The average molecular weight is 455 g/mol. The first kappa shape index (κ1) is 23.7. The van der Waals surface area contributed by atoms with Gasteiger partial charge in [-0.3, -0.25) is 0 Å². The highest BCUT2D eigenvalue weighted by Gasteiger charge is 2.12. The van der Waals surface area contributed by atoms with Gasteiger partial charge in [0, 0.05) is 60.4 Å². The molecule has 0 bridgehead atoms. The van der Waals surface area contributed by atoms with Crippen LogP contribution in [-0.2, 0) is 27.2 Å². The zero-order valence-electron chi connectivity index (χ0n) is 21.1. The van der Waals surface area contributed by atoms with Crippen molar-refractivity contribution in [1.29, 1.82) is 0 Å². The summed E-state index contributed by atoms with van der Waals surface area (Å²) in [6, 6.07) is 13.2. The first-order chi connectivity index (χ1) is 16.5. The fourth-order valence-corrected chi connectivity index (χ4v) is 4.58. The minimum Gasteiger partial charge on any atom is -0.208 e. The quantitative estimate of drug-likeness (QED) is 0.267. The summed E-state index contributed by atoms with van der Waals surface area (Å²) in [5, 5.41) is 0. The fourth-order valence-electron chi connectivity index (χ4n) is 4.58. The van der Waals surface area contributed by atoms with Crippen LogP contribution in [0.15, 0.2) is 86.0 Å². The molecule has 0 saturated heterocycles. The van der Waals surface area contributed by atoms with Crippen molar-refractivity contribution < 1.29 is 18.3 Å². The minimum atomic E-state index is 1.08. The molecule has 34 heavy (non-hydrogen) atoms. The summed E-state index contributed by atoms with van der Waals surface area (Å²) in [5.41, 5.74) is 7.84. The standard InChI is InChI=1S/C30H38N4/c1-25-23-32(4)19-13-29(25)30-14-22-34(24-26(30)2)16-8-6-5-7-15-33-20-11-28(12-21-33)27-9-17-31(3)18-10-27/h9-14,17-24H,5-8,15-16H2,1-4H3/q+4. The molecule has 0 atom stereocenters. The normalized spacial score (nSPS) is 11.1. The maximum Gasteiger partial charge on any atom is 0.172 e. The van der Waals surface area contributed by atoms with Gasteiger partial charge in [0.15, 0.2) is 49.6 Å². The third-order valence-corrected chi connectivity index (χ3v) is 6.59. The summed E-state index contributed by atoms with van der Waals surface area (Å²) >= 11 is 0. The predicted octanol–water partition coefficient (Wildman–Crippen LogP) is 4.12. The molecule has 0 radical (unpaired) electrons. The number of pyridine rings is 4. The molecule has 4 aromatic rings. The van der Waals surface area contributed by atoms with Gasteiger partial charge in [-0.05, 0) is 48.9 Å². The van der Waals surface area contributed by atoms with Gasteiger partial charge >= 0.3 is 0 Å². The lowest BCUT2D eigenvalue weighted by Crippen LogP contribution is -2.33. The molecule has 0 amide bonds. The van der Waals surface area contributed by atoms with E-state index < -0.39 is 0 Å². The van der Waals surface area contributed by atoms with E-state index in [9.17, 15) is 0 Å². The second kappa shape index (κ2) is 11.1. The molecule has 4 rings (SSSR count). The van der Waals surface area contributed by atoms with Gasteiger partial charge in [-0.25, -0.2) is 18.3 Å². The highest BCUT2D eigenvalue weighted by molar-refractivity contribution is 5.68. The summed E-state index contributed by atoms with van der Waals surface area (Å²) in [5.74, 6) is 0. The number of hydrogen-bond donors (Lipinski definition) is 0. The monoisotopic (exact) mass is 454 g/mol. The molecule has 4 nitrogen and oxygen atoms in total. The van der Waals surface area contributed by atoms with Crippen molar-refractivity contribution in [3.8, 4) is 22.3 Å². The van der Waals surface area contributed by atoms with Gasteiger partial charge in [0.25, 0.3) is 0 Å². The highest BCUT2D eigenvalue weighted by atomic mass is 14.9. The number of rotatable bonds is 9. The molecule has 4 heterocycles. The lowest BCUT2D eigenvalue weighted by Gasteiger charge is -2.07. The molecule has 0 unspecified atom stereocenters. The molecule has 0 N–H and O–H groups in total. The van der Waals surface area contributed by atoms with Crippen molar-refractivity contribution in [3.63, 3.8) is 0 Å². The van der Waals surface area contributed by atoms with Crippen molar-refractivity contribution in [2.24, 2.45) is 14.1 Å². The lowest BCUT2D eigenvalue weighted by atomic mass is 10.00. The van der Waals surface area contributed by atoms with Crippen LogP contribution in [-0.4, -0.2) is 0 Å². The van der Waals surface area contributed by atoms with Gasteiger partial charge in [-0.15, -0.1) is 0 Å². The SMILES string of the molecule is Cc1c[n+](C)ccc1-c1cc[n+](CCCCCC[n+]2ccc(-c3cc[n+](C)cc3)cc2)cc1C. The number of aromatic nitrogens is 4. The first-order valence-electron chi connectivity index (χ1n) is 12.4. The van der Waals surface area contributed by atoms with E-state index in [-0.39, 0.29) is 0 Å². The number of unbranched alkanes of at least 4 members (excludes halogenated alkanes) is 3. The lowest BCUT2D eigenvalue weighted by molar-refractivity contribution is -0.699. The van der Waals surface area contributed by atoms with Crippen molar-refractivity contribution in [3.05, 3.63) is 97.1 Å². The molecule has 4 aromatic heterocycles. The van der Waals surface area contributed by atoms with E-state index in [1.165, 1.54) is 59.1 Å². The van der Waals surface area contributed by atoms with Crippen LogP contribution in [0.5, 0.6) is 0 Å². The Kier molecular flexibility index (Phi) is 7.79. The summed E-state index contributed by atoms with van der Waals surface area (Å²) in [4.78, 5) is 0. The topological polar surface area (TPSA) is 15.5 Å². The van der Waals surface area contributed by atoms with Crippen LogP contribution in [0.25, 0.3) is 22.3 Å². The van der Waals surface area contributed by atoms with Gasteiger partial charge in [-0.1, -0.05) is 0 Å². The van der Waals surface area contributed by atoms with Gasteiger partial charge in [0.05, 0.1) is 0 Å². The summed E-state index contributed by atoms with van der Waals surface area (Å²) in [7, 11) is 4.12. The van der Waals surface area contributed by atoms with E-state index in [2.05, 4.69) is 125 Å². The van der Waals surface area contributed by atoms with Gasteiger partial charge in [0.1, 0.15) is 27.2 Å². The van der Waals surface area contributed by atoms with Crippen LogP contribution in [0.1, 0.15) is 36.8 Å². The smallest absolute Gasteiger partial charge is 0.172 e. The van der Waals surface area contributed by atoms with Crippen molar-refractivity contribution in [2.75, 3.05) is 0 Å². The molecule has 4 heteroatoms. The number of nitrogens with zero attached hydrogens (tertiary/aromatic N) is 4. The zero-order valence-corrected chi connectivity index (χ0v) is 21.1. The predicted molar refractivity (Wildman–Crippen MR) is 134 cm³/mol. The molecule has 0 aliphatic carbocycles. The number of aryl methyl sites for hydroxylation is 6. The Labute approximate surface area is 204 Å². The summed E-state index contributed by atoms with van der Waals surface area (Å²) in [6.07, 6.45) is 22.4. The van der Waals surface area contributed by atoms with Crippen LogP contribution < -0.4 is 18.3 Å². The average Bonchev–Trinajstić information content (AvgIpc) is 2.83. The maximum absolute atomic E-state index is 2.34. The third-order valence-electron chi connectivity index (χ3n) is 6.59. The maximum atomic E-state index is 2.34. The van der Waals surface area contributed by atoms with E-state index in [0.29, 0.717) is 0 Å². The molecular weight excluding hydrogens is 416 g/mol. The van der Waals surface area contributed by atoms with Gasteiger partial charge in [-0.2, -0.15) is 0 Å². The van der Waals surface area contributed by atoms with Crippen molar-refractivity contribution >= 4 is 0 Å². The first-order valence-corrected chi connectivity index (χ1v) is 12.4. The van der Waals surface area contributed by atoms with E-state index in [1.54, 1.807) is 0 Å². The van der Waals surface area contributed by atoms with Gasteiger partial charge in [0.2, 0.25) is 0 Å². The second-order valence-corrected chi connectivity index (χ2v) is 9.48. The zero-order chi connectivity index (χ0) is 23.9. The van der Waals surface area contributed by atoms with Crippen LogP contribution in [0.3, 0.4) is 0 Å². The van der Waals surface area contributed by atoms with Gasteiger partial charge < -0.3 is 0 Å². The van der Waals surface area contributed by atoms with Crippen LogP contribution in [0.4, 0.5) is 0 Å². The third kappa shape index (κ3) is 6.13. The summed E-state index contributed by atoms with van der Waals surface area (Å²) in [6.45, 7) is 6.57. The molecule has 0 fully saturated rings.